The summed E-state index contributed by atoms with van der Waals surface area (Å²) in [5.41, 5.74) is 8.23. The van der Waals surface area contributed by atoms with Crippen molar-refractivity contribution in [2.45, 2.75) is 19.1 Å². The largest absolute Gasteiger partial charge is 0.493 e. The van der Waals surface area contributed by atoms with E-state index in [2.05, 4.69) is 6.58 Å². The lowest BCUT2D eigenvalue weighted by Crippen LogP contribution is -2.09. The maximum absolute atomic E-state index is 6.11. The van der Waals surface area contributed by atoms with Gasteiger partial charge in [0.2, 0.25) is 0 Å². The van der Waals surface area contributed by atoms with Crippen LogP contribution in [0, 0.1) is 0 Å². The molecule has 0 aromatic heterocycles. The van der Waals surface area contributed by atoms with Crippen molar-refractivity contribution in [1.82, 2.24) is 0 Å². The fourth-order valence-corrected chi connectivity index (χ4v) is 2.09. The molecule has 1 atom stereocenters. The Morgan fingerprint density at radius 1 is 1.14 bits per heavy atom. The van der Waals surface area contributed by atoms with Gasteiger partial charge in [0.05, 0.1) is 7.11 Å². The Balaban J connectivity index is 0.00000242. The highest BCUT2D eigenvalue weighted by Crippen LogP contribution is 2.31. The number of halogens is 1. The molecule has 0 amide bonds. The molecule has 22 heavy (non-hydrogen) atoms. The van der Waals surface area contributed by atoms with E-state index in [0.29, 0.717) is 18.1 Å². The van der Waals surface area contributed by atoms with E-state index < -0.39 is 0 Å². The number of rotatable bonds is 7. The topological polar surface area (TPSA) is 44.5 Å². The van der Waals surface area contributed by atoms with Crippen molar-refractivity contribution in [3.63, 3.8) is 0 Å². The first kappa shape index (κ1) is 18.1. The Hall–Kier alpha value is -1.97. The van der Waals surface area contributed by atoms with Crippen LogP contribution in [0.5, 0.6) is 11.5 Å². The third-order valence-corrected chi connectivity index (χ3v) is 3.27. The normalized spacial score (nSPS) is 11.2. The summed E-state index contributed by atoms with van der Waals surface area (Å²) in [6.45, 7) is 4.22. The van der Waals surface area contributed by atoms with Gasteiger partial charge in [-0.1, -0.05) is 42.5 Å². The number of hydrogen-bond donors (Lipinski definition) is 1. The Morgan fingerprint density at radius 2 is 1.86 bits per heavy atom. The predicted molar refractivity (Wildman–Crippen MR) is 92.8 cm³/mol. The van der Waals surface area contributed by atoms with Crippen LogP contribution in [0.2, 0.25) is 0 Å². The molecule has 0 saturated carbocycles. The molecule has 0 bridgehead atoms. The molecule has 0 aliphatic carbocycles. The van der Waals surface area contributed by atoms with Crippen molar-refractivity contribution in [1.29, 1.82) is 0 Å². The lowest BCUT2D eigenvalue weighted by molar-refractivity contribution is 0.284. The van der Waals surface area contributed by atoms with Gasteiger partial charge in [-0.2, -0.15) is 0 Å². The first-order valence-corrected chi connectivity index (χ1v) is 6.95. The highest BCUT2D eigenvalue weighted by molar-refractivity contribution is 5.85. The number of methoxy groups -OCH3 is 1. The summed E-state index contributed by atoms with van der Waals surface area (Å²) in [6.07, 6.45) is 2.55. The molecule has 0 aliphatic rings. The van der Waals surface area contributed by atoms with E-state index in [9.17, 15) is 0 Å². The monoisotopic (exact) mass is 319 g/mol. The van der Waals surface area contributed by atoms with Crippen molar-refractivity contribution >= 4 is 12.4 Å². The van der Waals surface area contributed by atoms with E-state index in [1.807, 2.05) is 54.6 Å². The zero-order valence-corrected chi connectivity index (χ0v) is 13.5. The van der Waals surface area contributed by atoms with Crippen molar-refractivity contribution < 1.29 is 9.47 Å². The molecule has 0 spiro atoms. The number of benzene rings is 2. The summed E-state index contributed by atoms with van der Waals surface area (Å²) >= 11 is 0. The van der Waals surface area contributed by atoms with Gasteiger partial charge in [-0.05, 0) is 29.7 Å². The Kier molecular flexibility index (Phi) is 7.50. The molecule has 0 radical (unpaired) electrons. The third-order valence-electron chi connectivity index (χ3n) is 3.27. The molecule has 2 aromatic rings. The van der Waals surface area contributed by atoms with Gasteiger partial charge in [-0.3, -0.25) is 0 Å². The zero-order chi connectivity index (χ0) is 15.1. The molecule has 0 heterocycles. The first-order valence-electron chi connectivity index (χ1n) is 6.95. The smallest absolute Gasteiger partial charge is 0.161 e. The van der Waals surface area contributed by atoms with Crippen LogP contribution in [0.25, 0.3) is 0 Å². The number of hydrogen-bond acceptors (Lipinski definition) is 3. The Morgan fingerprint density at radius 3 is 2.50 bits per heavy atom. The van der Waals surface area contributed by atoms with Crippen LogP contribution in [0.15, 0.2) is 61.2 Å². The van der Waals surface area contributed by atoms with Gasteiger partial charge in [0, 0.05) is 6.04 Å². The summed E-state index contributed by atoms with van der Waals surface area (Å²) in [7, 11) is 1.63. The summed E-state index contributed by atoms with van der Waals surface area (Å²) in [4.78, 5) is 0. The second kappa shape index (κ2) is 9.13. The Labute approximate surface area is 138 Å². The molecule has 0 aliphatic heterocycles. The van der Waals surface area contributed by atoms with E-state index in [-0.39, 0.29) is 18.4 Å². The van der Waals surface area contributed by atoms with Crippen molar-refractivity contribution in [2.75, 3.05) is 7.11 Å². The first-order chi connectivity index (χ1) is 10.2. The van der Waals surface area contributed by atoms with Crippen molar-refractivity contribution in [2.24, 2.45) is 5.73 Å². The highest BCUT2D eigenvalue weighted by atomic mass is 35.5. The zero-order valence-electron chi connectivity index (χ0n) is 12.7. The van der Waals surface area contributed by atoms with E-state index in [0.717, 1.165) is 17.5 Å². The summed E-state index contributed by atoms with van der Waals surface area (Å²) in [5, 5.41) is 0. The minimum atomic E-state index is -0.0764. The average Bonchev–Trinajstić information content (AvgIpc) is 2.54. The van der Waals surface area contributed by atoms with Crippen LogP contribution in [0.4, 0.5) is 0 Å². The van der Waals surface area contributed by atoms with E-state index in [1.165, 1.54) is 0 Å². The minimum absolute atomic E-state index is 0. The maximum atomic E-state index is 6.11. The van der Waals surface area contributed by atoms with Gasteiger partial charge < -0.3 is 15.2 Å². The minimum Gasteiger partial charge on any atom is -0.493 e. The van der Waals surface area contributed by atoms with Crippen LogP contribution in [-0.2, 0) is 6.61 Å². The molecule has 118 valence electrons. The van der Waals surface area contributed by atoms with Crippen LogP contribution >= 0.6 is 12.4 Å². The molecule has 0 saturated heterocycles. The predicted octanol–water partition coefficient (Wildman–Crippen LogP) is 4.27. The van der Waals surface area contributed by atoms with Gasteiger partial charge in [-0.25, -0.2) is 0 Å². The molecule has 2 rings (SSSR count). The van der Waals surface area contributed by atoms with Gasteiger partial charge in [0.1, 0.15) is 6.61 Å². The third kappa shape index (κ3) is 4.79. The highest BCUT2D eigenvalue weighted by Gasteiger charge is 2.10. The van der Waals surface area contributed by atoms with E-state index >= 15 is 0 Å². The van der Waals surface area contributed by atoms with Gasteiger partial charge in [-0.15, -0.1) is 19.0 Å². The average molecular weight is 320 g/mol. The lowest BCUT2D eigenvalue weighted by Gasteiger charge is -2.15. The summed E-state index contributed by atoms with van der Waals surface area (Å²) in [6, 6.07) is 15.7. The standard InChI is InChI=1S/C18H21NO2.ClH/c1-3-7-16(19)15-10-11-17(20-2)18(12-15)21-13-14-8-5-4-6-9-14;/h3-6,8-12,16H,1,7,13,19H2,2H3;1H/t16-;/m0./s1. The quantitative estimate of drug-likeness (QED) is 0.775. The van der Waals surface area contributed by atoms with Crippen LogP contribution < -0.4 is 15.2 Å². The van der Waals surface area contributed by atoms with Crippen LogP contribution in [-0.4, -0.2) is 7.11 Å². The molecule has 2 aromatic carbocycles. The number of nitrogens with two attached hydrogens (primary N) is 1. The maximum Gasteiger partial charge on any atom is 0.161 e. The molecule has 2 N–H and O–H groups in total. The van der Waals surface area contributed by atoms with E-state index in [1.54, 1.807) is 7.11 Å². The second-order valence-electron chi connectivity index (χ2n) is 4.82. The van der Waals surface area contributed by atoms with Crippen LogP contribution in [0.3, 0.4) is 0 Å². The molecular weight excluding hydrogens is 298 g/mol. The second-order valence-corrected chi connectivity index (χ2v) is 4.82. The van der Waals surface area contributed by atoms with Crippen molar-refractivity contribution in [3.05, 3.63) is 72.3 Å². The van der Waals surface area contributed by atoms with Gasteiger partial charge >= 0.3 is 0 Å². The molecule has 4 heteroatoms. The van der Waals surface area contributed by atoms with Crippen LogP contribution in [0.1, 0.15) is 23.6 Å². The van der Waals surface area contributed by atoms with Gasteiger partial charge in [0.15, 0.2) is 11.5 Å². The Bertz CT molecular complexity index is 587. The van der Waals surface area contributed by atoms with Crippen molar-refractivity contribution in [3.8, 4) is 11.5 Å². The molecule has 0 unspecified atom stereocenters. The molecular formula is C18H22ClNO2. The SMILES string of the molecule is C=CC[C@H](N)c1ccc(OC)c(OCc2ccccc2)c1.Cl. The fourth-order valence-electron chi connectivity index (χ4n) is 2.09. The summed E-state index contributed by atoms with van der Waals surface area (Å²) in [5.74, 6) is 1.42. The summed E-state index contributed by atoms with van der Waals surface area (Å²) < 4.78 is 11.2. The number of ether oxygens (including phenoxy) is 2. The van der Waals surface area contributed by atoms with Gasteiger partial charge in [0.25, 0.3) is 0 Å². The molecule has 3 nitrogen and oxygen atoms in total. The van der Waals surface area contributed by atoms with E-state index in [4.69, 9.17) is 15.2 Å². The fraction of sp³-hybridized carbons (Fsp3) is 0.222. The lowest BCUT2D eigenvalue weighted by atomic mass is 10.0. The molecule has 0 fully saturated rings.